The molecular weight excluding hydrogens is 162 g/mol. The Morgan fingerprint density at radius 1 is 1.58 bits per heavy atom. The van der Waals surface area contributed by atoms with Gasteiger partial charge in [-0.3, -0.25) is 4.90 Å². The summed E-state index contributed by atoms with van der Waals surface area (Å²) in [4.78, 5) is 12.4. The zero-order chi connectivity index (χ0) is 8.97. The molecule has 1 amide bonds. The zero-order valence-corrected chi connectivity index (χ0v) is 6.77. The summed E-state index contributed by atoms with van der Waals surface area (Å²) >= 11 is 0. The van der Waals surface area contributed by atoms with E-state index in [4.69, 9.17) is 14.9 Å². The van der Waals surface area contributed by atoms with Crippen molar-refractivity contribution in [1.29, 1.82) is 0 Å². The van der Waals surface area contributed by atoms with Gasteiger partial charge in [0.25, 0.3) is 0 Å². The minimum Gasteiger partial charge on any atom is -0.447 e. The van der Waals surface area contributed by atoms with Gasteiger partial charge in [0, 0.05) is 13.2 Å². The second-order valence-corrected chi connectivity index (χ2v) is 2.68. The number of hydrogen-bond acceptors (Lipinski definition) is 4. The van der Waals surface area contributed by atoms with Crippen molar-refractivity contribution >= 4 is 6.09 Å². The summed E-state index contributed by atoms with van der Waals surface area (Å²) in [7, 11) is 0. The molecule has 0 radical (unpaired) electrons. The fourth-order valence-electron chi connectivity index (χ4n) is 1.16. The van der Waals surface area contributed by atoms with Crippen molar-refractivity contribution in [1.82, 2.24) is 4.90 Å². The lowest BCUT2D eigenvalue weighted by Crippen LogP contribution is -2.37. The Morgan fingerprint density at radius 2 is 2.33 bits per heavy atom. The van der Waals surface area contributed by atoms with Crippen molar-refractivity contribution in [2.75, 3.05) is 26.4 Å². The summed E-state index contributed by atoms with van der Waals surface area (Å²) in [5.41, 5.74) is 0. The van der Waals surface area contributed by atoms with Gasteiger partial charge < -0.3 is 14.9 Å². The smallest absolute Gasteiger partial charge is 0.410 e. The van der Waals surface area contributed by atoms with Gasteiger partial charge >= 0.3 is 6.09 Å². The Labute approximate surface area is 70.5 Å². The minimum absolute atomic E-state index is 0.0436. The lowest BCUT2D eigenvalue weighted by atomic mass is 10.3. The van der Waals surface area contributed by atoms with Crippen LogP contribution in [0.1, 0.15) is 6.42 Å². The van der Waals surface area contributed by atoms with Crippen LogP contribution in [0.3, 0.4) is 0 Å². The summed E-state index contributed by atoms with van der Waals surface area (Å²) in [5.74, 6) is 0. The number of nitrogens with zero attached hydrogens (tertiary/aromatic N) is 1. The van der Waals surface area contributed by atoms with Gasteiger partial charge in [0.05, 0.1) is 12.6 Å². The summed E-state index contributed by atoms with van der Waals surface area (Å²) in [6.07, 6.45) is 0.119. The first-order chi connectivity index (χ1) is 5.79. The number of cyclic esters (lactones) is 1. The topological polar surface area (TPSA) is 70.0 Å². The molecule has 1 rings (SSSR count). The summed E-state index contributed by atoms with van der Waals surface area (Å²) < 4.78 is 4.71. The molecular formula is C7H13NO4. The van der Waals surface area contributed by atoms with Crippen molar-refractivity contribution in [2.24, 2.45) is 0 Å². The number of aliphatic hydroxyl groups excluding tert-OH is 2. The van der Waals surface area contributed by atoms with Crippen molar-refractivity contribution in [2.45, 2.75) is 12.5 Å². The maximum Gasteiger partial charge on any atom is 0.410 e. The fourth-order valence-corrected chi connectivity index (χ4v) is 1.16. The molecule has 1 fully saturated rings. The summed E-state index contributed by atoms with van der Waals surface area (Å²) in [6.45, 7) is 0.653. The molecule has 1 heterocycles. The Hall–Kier alpha value is -0.810. The molecule has 70 valence electrons. The molecule has 1 unspecified atom stereocenters. The lowest BCUT2D eigenvalue weighted by Gasteiger charge is -2.18. The fraction of sp³-hybridized carbons (Fsp3) is 0.857. The number of aliphatic hydroxyl groups is 2. The molecule has 5 heteroatoms. The molecule has 12 heavy (non-hydrogen) atoms. The zero-order valence-electron chi connectivity index (χ0n) is 6.77. The largest absolute Gasteiger partial charge is 0.447 e. The Kier molecular flexibility index (Phi) is 3.31. The molecule has 2 N–H and O–H groups in total. The van der Waals surface area contributed by atoms with E-state index in [2.05, 4.69) is 0 Å². The van der Waals surface area contributed by atoms with Crippen molar-refractivity contribution in [3.8, 4) is 0 Å². The number of carbonyl (C=O) groups excluding carboxylic acids is 1. The van der Waals surface area contributed by atoms with Gasteiger partial charge in [-0.15, -0.1) is 0 Å². The van der Waals surface area contributed by atoms with Gasteiger partial charge in [-0.1, -0.05) is 0 Å². The van der Waals surface area contributed by atoms with E-state index in [1.807, 2.05) is 0 Å². The van der Waals surface area contributed by atoms with E-state index in [-0.39, 0.29) is 25.9 Å². The van der Waals surface area contributed by atoms with Gasteiger partial charge in [-0.25, -0.2) is 4.79 Å². The first-order valence-electron chi connectivity index (χ1n) is 3.94. The third-order valence-corrected chi connectivity index (χ3v) is 1.84. The SMILES string of the molecule is O=C1OCC(CO)N1CCCO. The second kappa shape index (κ2) is 4.27. The molecule has 0 aromatic heterocycles. The van der Waals surface area contributed by atoms with Gasteiger partial charge in [-0.2, -0.15) is 0 Å². The molecule has 1 aliphatic rings. The molecule has 0 aliphatic carbocycles. The summed E-state index contributed by atoms with van der Waals surface area (Å²) in [6, 6.07) is -0.232. The molecule has 0 bridgehead atoms. The highest BCUT2D eigenvalue weighted by molar-refractivity contribution is 5.70. The average molecular weight is 175 g/mol. The highest BCUT2D eigenvalue weighted by Crippen LogP contribution is 2.11. The number of amides is 1. The Morgan fingerprint density at radius 3 is 2.92 bits per heavy atom. The van der Waals surface area contributed by atoms with Gasteiger partial charge in [0.1, 0.15) is 6.61 Å². The van der Waals surface area contributed by atoms with Crippen LogP contribution in [-0.2, 0) is 4.74 Å². The van der Waals surface area contributed by atoms with Crippen LogP contribution in [0.5, 0.6) is 0 Å². The third-order valence-electron chi connectivity index (χ3n) is 1.84. The highest BCUT2D eigenvalue weighted by Gasteiger charge is 2.31. The summed E-state index contributed by atoms with van der Waals surface area (Å²) in [5, 5.41) is 17.3. The van der Waals surface area contributed by atoms with Crippen molar-refractivity contribution < 1.29 is 19.7 Å². The van der Waals surface area contributed by atoms with Crippen LogP contribution < -0.4 is 0 Å². The molecule has 0 spiro atoms. The first-order valence-corrected chi connectivity index (χ1v) is 3.94. The normalized spacial score (nSPS) is 23.0. The van der Waals surface area contributed by atoms with E-state index in [1.165, 1.54) is 4.90 Å². The average Bonchev–Trinajstić information content (AvgIpc) is 2.43. The van der Waals surface area contributed by atoms with Crippen LogP contribution in [0.2, 0.25) is 0 Å². The molecule has 0 saturated carbocycles. The molecule has 5 nitrogen and oxygen atoms in total. The first kappa shape index (κ1) is 9.28. The van der Waals surface area contributed by atoms with E-state index in [9.17, 15) is 4.79 Å². The maximum atomic E-state index is 11.0. The second-order valence-electron chi connectivity index (χ2n) is 2.68. The van der Waals surface area contributed by atoms with Gasteiger partial charge in [0.15, 0.2) is 0 Å². The third kappa shape index (κ3) is 1.86. The maximum absolute atomic E-state index is 11.0. The van der Waals surface area contributed by atoms with Crippen LogP contribution in [-0.4, -0.2) is 53.6 Å². The molecule has 1 atom stereocenters. The van der Waals surface area contributed by atoms with Crippen LogP contribution in [0.15, 0.2) is 0 Å². The molecule has 1 aliphatic heterocycles. The Bertz CT molecular complexity index is 161. The van der Waals surface area contributed by atoms with Gasteiger partial charge in [-0.05, 0) is 6.42 Å². The predicted octanol–water partition coefficient (Wildman–Crippen LogP) is -0.818. The van der Waals surface area contributed by atoms with Crippen LogP contribution in [0.25, 0.3) is 0 Å². The van der Waals surface area contributed by atoms with E-state index >= 15 is 0 Å². The molecule has 1 saturated heterocycles. The molecule has 0 aromatic rings. The van der Waals surface area contributed by atoms with E-state index in [0.717, 1.165) is 0 Å². The van der Waals surface area contributed by atoms with Crippen molar-refractivity contribution in [3.63, 3.8) is 0 Å². The van der Waals surface area contributed by atoms with Crippen molar-refractivity contribution in [3.05, 3.63) is 0 Å². The lowest BCUT2D eigenvalue weighted by molar-refractivity contribution is 0.148. The predicted molar refractivity (Wildman–Crippen MR) is 40.6 cm³/mol. The quantitative estimate of drug-likeness (QED) is 0.585. The number of carbonyl (C=O) groups is 1. The molecule has 0 aromatic carbocycles. The Balaban J connectivity index is 2.40. The van der Waals surface area contributed by atoms with Crippen LogP contribution in [0.4, 0.5) is 4.79 Å². The minimum atomic E-state index is -0.400. The highest BCUT2D eigenvalue weighted by atomic mass is 16.6. The van der Waals surface area contributed by atoms with E-state index in [1.54, 1.807) is 0 Å². The van der Waals surface area contributed by atoms with Crippen LogP contribution >= 0.6 is 0 Å². The number of rotatable bonds is 4. The van der Waals surface area contributed by atoms with E-state index < -0.39 is 6.09 Å². The van der Waals surface area contributed by atoms with Gasteiger partial charge in [0.2, 0.25) is 0 Å². The van der Waals surface area contributed by atoms with E-state index in [0.29, 0.717) is 13.0 Å². The number of hydrogen-bond donors (Lipinski definition) is 2. The van der Waals surface area contributed by atoms with Crippen LogP contribution in [0, 0.1) is 0 Å². The number of ether oxygens (including phenoxy) is 1. The monoisotopic (exact) mass is 175 g/mol. The standard InChI is InChI=1S/C7H13NO4/c9-3-1-2-8-6(4-10)5-12-7(8)11/h6,9-10H,1-5H2.